The number of carbonyl (C=O) groups is 1. The van der Waals surface area contributed by atoms with Crippen molar-refractivity contribution in [1.29, 1.82) is 0 Å². The lowest BCUT2D eigenvalue weighted by Gasteiger charge is -2.17. The Morgan fingerprint density at radius 2 is 1.81 bits per heavy atom. The van der Waals surface area contributed by atoms with E-state index in [0.29, 0.717) is 7.18 Å². The van der Waals surface area contributed by atoms with Gasteiger partial charge in [0.15, 0.2) is 0 Å². The van der Waals surface area contributed by atoms with Gasteiger partial charge in [0.05, 0.1) is 7.18 Å². The molecule has 0 N–H and O–H groups in total. The van der Waals surface area contributed by atoms with Crippen molar-refractivity contribution >= 4 is 5.91 Å². The maximum absolute atomic E-state index is 11.8. The molecule has 2 nitrogen and oxygen atoms in total. The fraction of sp³-hybridized carbons (Fsp3) is 0.615. The summed E-state index contributed by atoms with van der Waals surface area (Å²) in [7, 11) is 2.40. The van der Waals surface area contributed by atoms with Crippen LogP contribution >= 0.6 is 0 Å². The minimum Gasteiger partial charge on any atom is -0.341 e. The smallest absolute Gasteiger partial charge is 0.225 e. The Hall–Kier alpha value is -1.12. The highest BCUT2D eigenvalue weighted by Gasteiger charge is 2.26. The Morgan fingerprint density at radius 1 is 1.25 bits per heavy atom. The molecular formula is C13H20FNO. The summed E-state index contributed by atoms with van der Waals surface area (Å²) in [4.78, 5) is 13.6. The number of amides is 1. The standard InChI is InChI=1S/C12H17NO.CH3F/c1-9-7-10-5-3-4-6-11(10)8-13(2)12(9)14;1-2/h5-6,9H,3-4,7-8H2,1-2H3;1H3. The minimum absolute atomic E-state index is 0.148. The van der Waals surface area contributed by atoms with Gasteiger partial charge in [-0.1, -0.05) is 19.1 Å². The van der Waals surface area contributed by atoms with Crippen molar-refractivity contribution in [2.45, 2.75) is 26.2 Å². The number of rotatable bonds is 0. The first kappa shape index (κ1) is 12.9. The van der Waals surface area contributed by atoms with Gasteiger partial charge in [-0.15, -0.1) is 0 Å². The molecule has 3 heteroatoms. The van der Waals surface area contributed by atoms with E-state index >= 15 is 0 Å². The van der Waals surface area contributed by atoms with Gasteiger partial charge in [-0.3, -0.25) is 9.18 Å². The van der Waals surface area contributed by atoms with Gasteiger partial charge in [0.1, 0.15) is 0 Å². The van der Waals surface area contributed by atoms with Crippen molar-refractivity contribution in [3.05, 3.63) is 23.3 Å². The van der Waals surface area contributed by atoms with Crippen molar-refractivity contribution in [1.82, 2.24) is 4.90 Å². The van der Waals surface area contributed by atoms with Gasteiger partial charge in [0.2, 0.25) is 5.91 Å². The van der Waals surface area contributed by atoms with Crippen LogP contribution in [0.5, 0.6) is 0 Å². The lowest BCUT2D eigenvalue weighted by atomic mass is 9.92. The molecule has 1 amide bonds. The maximum Gasteiger partial charge on any atom is 0.225 e. The zero-order valence-electron chi connectivity index (χ0n) is 10.3. The summed E-state index contributed by atoms with van der Waals surface area (Å²) in [5.74, 6) is 0.427. The van der Waals surface area contributed by atoms with E-state index in [2.05, 4.69) is 12.2 Å². The Morgan fingerprint density at radius 3 is 2.44 bits per heavy atom. The second-order valence-corrected chi connectivity index (χ2v) is 4.34. The highest BCUT2D eigenvalue weighted by atomic mass is 19.1. The molecule has 0 aromatic heterocycles. The van der Waals surface area contributed by atoms with Crippen LogP contribution in [0.2, 0.25) is 0 Å². The summed E-state index contributed by atoms with van der Waals surface area (Å²) in [6, 6.07) is 0. The molecule has 2 aliphatic rings. The van der Waals surface area contributed by atoms with Crippen molar-refractivity contribution < 1.29 is 9.18 Å². The van der Waals surface area contributed by atoms with Gasteiger partial charge in [-0.25, -0.2) is 0 Å². The van der Waals surface area contributed by atoms with Crippen molar-refractivity contribution in [2.75, 3.05) is 20.8 Å². The first-order valence-electron chi connectivity index (χ1n) is 5.69. The van der Waals surface area contributed by atoms with Crippen LogP contribution in [0.15, 0.2) is 23.3 Å². The summed E-state index contributed by atoms with van der Waals surface area (Å²) >= 11 is 0. The highest BCUT2D eigenvalue weighted by molar-refractivity contribution is 5.80. The van der Waals surface area contributed by atoms with Gasteiger partial charge in [-0.2, -0.15) is 0 Å². The predicted molar refractivity (Wildman–Crippen MR) is 63.9 cm³/mol. The summed E-state index contributed by atoms with van der Waals surface area (Å²) in [5.41, 5.74) is 2.78. The molecule has 0 radical (unpaired) electrons. The number of alkyl halides is 1. The fourth-order valence-electron chi connectivity index (χ4n) is 2.28. The molecular weight excluding hydrogens is 205 g/mol. The second kappa shape index (κ2) is 5.83. The van der Waals surface area contributed by atoms with Gasteiger partial charge < -0.3 is 4.90 Å². The Bertz CT molecular complexity index is 290. The van der Waals surface area contributed by atoms with Crippen molar-refractivity contribution in [3.63, 3.8) is 0 Å². The monoisotopic (exact) mass is 225 g/mol. The molecule has 0 spiro atoms. The molecule has 1 atom stereocenters. The first-order valence-corrected chi connectivity index (χ1v) is 5.69. The van der Waals surface area contributed by atoms with E-state index in [1.54, 1.807) is 0 Å². The van der Waals surface area contributed by atoms with Gasteiger partial charge >= 0.3 is 0 Å². The van der Waals surface area contributed by atoms with E-state index in [9.17, 15) is 9.18 Å². The third-order valence-electron chi connectivity index (χ3n) is 3.09. The summed E-state index contributed by atoms with van der Waals surface area (Å²) in [6.07, 6.45) is 7.79. The molecule has 1 saturated heterocycles. The Balaban J connectivity index is 0.000000606. The quantitative estimate of drug-likeness (QED) is 0.620. The van der Waals surface area contributed by atoms with Crippen LogP contribution in [0, 0.1) is 5.92 Å². The molecule has 90 valence electrons. The van der Waals surface area contributed by atoms with Crippen LogP contribution in [0.3, 0.4) is 0 Å². The van der Waals surface area contributed by atoms with Crippen LogP contribution in [0.4, 0.5) is 4.39 Å². The number of nitrogens with zero attached hydrogens (tertiary/aromatic N) is 1. The number of carbonyl (C=O) groups excluding carboxylic acids is 1. The van der Waals surface area contributed by atoms with E-state index in [1.807, 2.05) is 18.9 Å². The zero-order chi connectivity index (χ0) is 12.1. The molecule has 2 rings (SSSR count). The van der Waals surface area contributed by atoms with Crippen LogP contribution < -0.4 is 0 Å². The molecule has 0 bridgehead atoms. The van der Waals surface area contributed by atoms with Crippen molar-refractivity contribution in [2.24, 2.45) is 5.92 Å². The van der Waals surface area contributed by atoms with Crippen LogP contribution in [0.25, 0.3) is 0 Å². The number of hydrogen-bond acceptors (Lipinski definition) is 1. The Labute approximate surface area is 96.8 Å². The molecule has 1 unspecified atom stereocenters. The van der Waals surface area contributed by atoms with Crippen LogP contribution in [-0.2, 0) is 4.79 Å². The van der Waals surface area contributed by atoms with E-state index in [-0.39, 0.29) is 11.8 Å². The average molecular weight is 225 g/mol. The molecule has 16 heavy (non-hydrogen) atoms. The van der Waals surface area contributed by atoms with Gasteiger partial charge in [0.25, 0.3) is 0 Å². The second-order valence-electron chi connectivity index (χ2n) is 4.34. The molecule has 0 saturated carbocycles. The predicted octanol–water partition coefficient (Wildman–Crippen LogP) is 2.72. The van der Waals surface area contributed by atoms with Gasteiger partial charge in [-0.05, 0) is 30.4 Å². The molecule has 1 aliphatic carbocycles. The average Bonchev–Trinajstić information content (AvgIpc) is 2.42. The van der Waals surface area contributed by atoms with E-state index in [4.69, 9.17) is 0 Å². The molecule has 0 aromatic carbocycles. The summed E-state index contributed by atoms with van der Waals surface area (Å²) < 4.78 is 9.50. The van der Waals surface area contributed by atoms with Crippen LogP contribution in [0.1, 0.15) is 26.2 Å². The topological polar surface area (TPSA) is 20.3 Å². The summed E-state index contributed by atoms with van der Waals surface area (Å²) in [6.45, 7) is 2.83. The third kappa shape index (κ3) is 2.71. The highest BCUT2D eigenvalue weighted by Crippen LogP contribution is 2.29. The lowest BCUT2D eigenvalue weighted by Crippen LogP contribution is -2.30. The van der Waals surface area contributed by atoms with E-state index < -0.39 is 0 Å². The Kier molecular flexibility index (Phi) is 4.71. The van der Waals surface area contributed by atoms with Crippen LogP contribution in [-0.4, -0.2) is 31.6 Å². The molecule has 0 aromatic rings. The molecule has 1 aliphatic heterocycles. The maximum atomic E-state index is 11.8. The largest absolute Gasteiger partial charge is 0.341 e. The SMILES string of the molecule is CC1CC2=CCCC=C2CN(C)C1=O.CF. The lowest BCUT2D eigenvalue weighted by molar-refractivity contribution is -0.132. The number of halogens is 1. The fourth-order valence-corrected chi connectivity index (χ4v) is 2.28. The van der Waals surface area contributed by atoms with Crippen molar-refractivity contribution in [3.8, 4) is 0 Å². The van der Waals surface area contributed by atoms with Gasteiger partial charge in [0, 0.05) is 19.5 Å². The van der Waals surface area contributed by atoms with E-state index in [1.165, 1.54) is 11.1 Å². The number of likely N-dealkylation sites (N-methyl/N-ethyl adjacent to an activating group) is 1. The van der Waals surface area contributed by atoms with E-state index in [0.717, 1.165) is 25.8 Å². The first-order chi connectivity index (χ1) is 7.68. The minimum atomic E-state index is 0.148. The molecule has 1 heterocycles. The number of allylic oxidation sites excluding steroid dienone is 2. The molecule has 1 fully saturated rings. The third-order valence-corrected chi connectivity index (χ3v) is 3.09. The normalized spacial score (nSPS) is 24.6. The number of fused-ring (bicyclic) bond motifs is 1. The zero-order valence-corrected chi connectivity index (χ0v) is 10.3. The number of hydrogen-bond donors (Lipinski definition) is 0. The summed E-state index contributed by atoms with van der Waals surface area (Å²) in [5, 5.41) is 0. The number of likely N-dealkylation sites (tertiary alicyclic amines) is 1.